The number of fused-ring (bicyclic) bond motifs is 1. The number of alkyl halides is 6. The number of hydrogen-bond acceptors (Lipinski definition) is 8. The molecule has 16 heteroatoms. The van der Waals surface area contributed by atoms with Gasteiger partial charge in [0.05, 0.1) is 25.5 Å². The highest BCUT2D eigenvalue weighted by Gasteiger charge is 2.46. The summed E-state index contributed by atoms with van der Waals surface area (Å²) in [6.45, 7) is -0.764. The van der Waals surface area contributed by atoms with Crippen LogP contribution in [0.5, 0.6) is 0 Å². The van der Waals surface area contributed by atoms with E-state index in [1.165, 1.54) is 29.4 Å². The number of aliphatic hydroxyl groups excluding tert-OH is 2. The Labute approximate surface area is 239 Å². The van der Waals surface area contributed by atoms with Crippen molar-refractivity contribution in [3.05, 3.63) is 71.6 Å². The van der Waals surface area contributed by atoms with Gasteiger partial charge in [0.25, 0.3) is 0 Å². The second kappa shape index (κ2) is 11.8. The number of rotatable bonds is 8. The summed E-state index contributed by atoms with van der Waals surface area (Å²) in [5.74, 6) is -2.32. The normalized spacial score (nSPS) is 24.7. The Morgan fingerprint density at radius 3 is 2.56 bits per heavy atom. The summed E-state index contributed by atoms with van der Waals surface area (Å²) in [6, 6.07) is 6.03. The third kappa shape index (κ3) is 6.66. The van der Waals surface area contributed by atoms with E-state index < -0.39 is 73.8 Å². The van der Waals surface area contributed by atoms with Crippen molar-refractivity contribution in [2.45, 2.75) is 49.9 Å². The van der Waals surface area contributed by atoms with Crippen molar-refractivity contribution in [2.75, 3.05) is 25.2 Å². The fraction of sp³-hybridized carbons (Fsp3) is 0.444. The fourth-order valence-electron chi connectivity index (χ4n) is 5.06. The molecule has 1 unspecified atom stereocenters. The molecule has 1 aromatic carbocycles. The van der Waals surface area contributed by atoms with Gasteiger partial charge in [0.2, 0.25) is 0 Å². The first kappa shape index (κ1) is 30.8. The van der Waals surface area contributed by atoms with E-state index in [1.54, 1.807) is 24.1 Å². The molecule has 5 atom stereocenters. The molecule has 5 rings (SSSR count). The Kier molecular flexibility index (Phi) is 8.48. The minimum Gasteiger partial charge on any atom is -0.387 e. The second-order valence-electron chi connectivity index (χ2n) is 10.3. The highest BCUT2D eigenvalue weighted by molar-refractivity contribution is 5.83. The Balaban J connectivity index is 1.27. The number of benzene rings is 1. The maximum Gasteiger partial charge on any atom is 0.412 e. The van der Waals surface area contributed by atoms with Crippen molar-refractivity contribution in [3.8, 4) is 0 Å². The largest absolute Gasteiger partial charge is 0.412 e. The molecule has 1 fully saturated rings. The molecule has 0 bridgehead atoms. The van der Waals surface area contributed by atoms with Crippen LogP contribution < -0.4 is 4.90 Å². The summed E-state index contributed by atoms with van der Waals surface area (Å²) < 4.78 is 105. The van der Waals surface area contributed by atoms with E-state index in [0.717, 1.165) is 0 Å². The SMILES string of the molecule is CN(Cc1cccc(F)c1)c1ncnc2c1ncn2[C@@H]1O[C@H](COCC2=CC(C(F)(F)F)CC(C(F)(F)F)=C2)[C@@H](O)[C@H]1O. The van der Waals surface area contributed by atoms with E-state index in [-0.39, 0.29) is 17.8 Å². The van der Waals surface area contributed by atoms with Gasteiger partial charge in [0, 0.05) is 19.2 Å². The minimum absolute atomic E-state index is 0.240. The van der Waals surface area contributed by atoms with Crippen molar-refractivity contribution in [1.82, 2.24) is 19.5 Å². The molecule has 2 aliphatic rings. The van der Waals surface area contributed by atoms with Crippen LogP contribution in [0.2, 0.25) is 0 Å². The quantitative estimate of drug-likeness (QED) is 0.362. The molecule has 232 valence electrons. The van der Waals surface area contributed by atoms with Crippen LogP contribution in [0.3, 0.4) is 0 Å². The van der Waals surface area contributed by atoms with Crippen molar-refractivity contribution in [3.63, 3.8) is 0 Å². The number of allylic oxidation sites excluding steroid dienone is 2. The molecule has 3 heterocycles. The lowest BCUT2D eigenvalue weighted by atomic mass is 9.89. The molecule has 3 aromatic rings. The predicted molar refractivity (Wildman–Crippen MR) is 137 cm³/mol. The van der Waals surface area contributed by atoms with E-state index in [0.29, 0.717) is 29.1 Å². The third-order valence-corrected chi connectivity index (χ3v) is 7.17. The molecule has 0 spiro atoms. The number of imidazole rings is 1. The van der Waals surface area contributed by atoms with Crippen LogP contribution in [0.4, 0.5) is 36.6 Å². The lowest BCUT2D eigenvalue weighted by molar-refractivity contribution is -0.166. The second-order valence-corrected chi connectivity index (χ2v) is 10.3. The molecule has 43 heavy (non-hydrogen) atoms. The van der Waals surface area contributed by atoms with E-state index >= 15 is 0 Å². The van der Waals surface area contributed by atoms with Crippen LogP contribution in [0.1, 0.15) is 18.2 Å². The van der Waals surface area contributed by atoms with E-state index in [9.17, 15) is 40.9 Å². The van der Waals surface area contributed by atoms with Crippen LogP contribution in [0, 0.1) is 11.7 Å². The standard InChI is InChI=1S/C27H26F7N5O4/c1-38(9-14-3-2-4-18(28)7-14)23-20-24(36-12-35-23)39(13-37-20)25-22(41)21(40)19(43-25)11-42-10-15-5-16(26(29,30)31)8-17(6-15)27(32,33)34/h2-7,12-13,16,19,21-22,25,40-41H,8-11H2,1H3/t16?,19-,21-,22-,25-/m1/s1. The van der Waals surface area contributed by atoms with E-state index in [1.807, 2.05) is 0 Å². The van der Waals surface area contributed by atoms with Crippen LogP contribution in [0.15, 0.2) is 60.2 Å². The molecule has 1 aliphatic carbocycles. The van der Waals surface area contributed by atoms with Gasteiger partial charge in [-0.3, -0.25) is 4.57 Å². The Bertz CT molecular complexity index is 1520. The van der Waals surface area contributed by atoms with Crippen molar-refractivity contribution >= 4 is 17.0 Å². The van der Waals surface area contributed by atoms with Crippen molar-refractivity contribution < 1.29 is 50.4 Å². The first-order valence-electron chi connectivity index (χ1n) is 13.0. The van der Waals surface area contributed by atoms with Gasteiger partial charge in [-0.1, -0.05) is 18.2 Å². The number of halogens is 7. The topological polar surface area (TPSA) is 106 Å². The third-order valence-electron chi connectivity index (χ3n) is 7.17. The number of aromatic nitrogens is 4. The number of aliphatic hydroxyl groups is 2. The zero-order valence-electron chi connectivity index (χ0n) is 22.4. The molecule has 1 saturated heterocycles. The summed E-state index contributed by atoms with van der Waals surface area (Å²) in [5.41, 5.74) is -0.403. The first-order chi connectivity index (χ1) is 20.2. The Hall–Kier alpha value is -3.60. The van der Waals surface area contributed by atoms with Gasteiger partial charge >= 0.3 is 12.4 Å². The molecule has 2 aromatic heterocycles. The fourth-order valence-corrected chi connectivity index (χ4v) is 5.06. The average Bonchev–Trinajstić information content (AvgIpc) is 3.48. The lowest BCUT2D eigenvalue weighted by Gasteiger charge is -2.25. The summed E-state index contributed by atoms with van der Waals surface area (Å²) in [7, 11) is 1.72. The van der Waals surface area contributed by atoms with Gasteiger partial charge in [-0.2, -0.15) is 26.3 Å². The van der Waals surface area contributed by atoms with E-state index in [4.69, 9.17) is 9.47 Å². The van der Waals surface area contributed by atoms with Crippen LogP contribution in [-0.2, 0) is 16.0 Å². The maximum atomic E-state index is 13.6. The zero-order chi connectivity index (χ0) is 31.1. The minimum atomic E-state index is -4.93. The Morgan fingerprint density at radius 1 is 1.09 bits per heavy atom. The molecule has 0 saturated carbocycles. The van der Waals surface area contributed by atoms with Crippen molar-refractivity contribution in [2.24, 2.45) is 5.92 Å². The molecular formula is C27H26F7N5O4. The van der Waals surface area contributed by atoms with Crippen LogP contribution in [0.25, 0.3) is 11.2 Å². The smallest absolute Gasteiger partial charge is 0.387 e. The highest BCUT2D eigenvalue weighted by Crippen LogP contribution is 2.41. The summed E-state index contributed by atoms with van der Waals surface area (Å²) in [4.78, 5) is 14.5. The molecule has 0 amide bonds. The molecular weight excluding hydrogens is 591 g/mol. The summed E-state index contributed by atoms with van der Waals surface area (Å²) in [6.07, 6.45) is -12.6. The molecule has 9 nitrogen and oxygen atoms in total. The van der Waals surface area contributed by atoms with Gasteiger partial charge in [-0.25, -0.2) is 19.3 Å². The monoisotopic (exact) mass is 617 g/mol. The molecule has 1 aliphatic heterocycles. The predicted octanol–water partition coefficient (Wildman–Crippen LogP) is 4.23. The highest BCUT2D eigenvalue weighted by atomic mass is 19.4. The lowest BCUT2D eigenvalue weighted by Crippen LogP contribution is -2.34. The Morgan fingerprint density at radius 2 is 1.86 bits per heavy atom. The van der Waals surface area contributed by atoms with Gasteiger partial charge < -0.3 is 24.6 Å². The summed E-state index contributed by atoms with van der Waals surface area (Å²) >= 11 is 0. The van der Waals surface area contributed by atoms with Gasteiger partial charge in [0.1, 0.15) is 30.5 Å². The zero-order valence-corrected chi connectivity index (χ0v) is 22.4. The first-order valence-corrected chi connectivity index (χ1v) is 13.0. The number of hydrogen-bond donors (Lipinski definition) is 2. The maximum absolute atomic E-state index is 13.6. The van der Waals surface area contributed by atoms with Crippen LogP contribution >= 0.6 is 0 Å². The van der Waals surface area contributed by atoms with Crippen molar-refractivity contribution in [1.29, 1.82) is 0 Å². The van der Waals surface area contributed by atoms with Gasteiger partial charge in [-0.15, -0.1) is 0 Å². The van der Waals surface area contributed by atoms with Gasteiger partial charge in [-0.05, 0) is 35.8 Å². The van der Waals surface area contributed by atoms with Gasteiger partial charge in [0.15, 0.2) is 23.2 Å². The number of nitrogens with zero attached hydrogens (tertiary/aromatic N) is 5. The molecule has 2 N–H and O–H groups in total. The number of ether oxygens (including phenoxy) is 2. The van der Waals surface area contributed by atoms with Crippen LogP contribution in [-0.4, -0.2) is 80.7 Å². The average molecular weight is 618 g/mol. The van der Waals surface area contributed by atoms with E-state index in [2.05, 4.69) is 15.0 Å². The molecule has 0 radical (unpaired) electrons. The number of anilines is 1. The summed E-state index contributed by atoms with van der Waals surface area (Å²) in [5, 5.41) is 21.3.